The highest BCUT2D eigenvalue weighted by Crippen LogP contribution is 2.33. The quantitative estimate of drug-likeness (QED) is 0.0278. The predicted molar refractivity (Wildman–Crippen MR) is 540 cm³/mol. The predicted octanol–water partition coefficient (Wildman–Crippen LogP) is 22.4. The van der Waals surface area contributed by atoms with Crippen molar-refractivity contribution < 1.29 is 109 Å². The zero-order valence-electron chi connectivity index (χ0n) is 80.5. The zero-order valence-corrected chi connectivity index (χ0v) is 80.5. The number of hydrogen-bond donors (Lipinski definition) is 4. The van der Waals surface area contributed by atoms with Crippen LogP contribution in [0.5, 0.6) is 34.5 Å². The van der Waals surface area contributed by atoms with Gasteiger partial charge in [0, 0.05) is 73.8 Å². The van der Waals surface area contributed by atoms with Crippen LogP contribution in [0.25, 0.3) is 68.0 Å². The lowest BCUT2D eigenvalue weighted by Gasteiger charge is -2.20. The highest BCUT2D eigenvalue weighted by Gasteiger charge is 2.26. The minimum atomic E-state index is -1.20. The Hall–Kier alpha value is -18.4. The van der Waals surface area contributed by atoms with Crippen LogP contribution in [0.3, 0.4) is 0 Å². The Kier molecular flexibility index (Phi) is 34.6. The largest absolute Gasteiger partial charge is 0.493 e. The van der Waals surface area contributed by atoms with E-state index >= 15 is 0 Å². The molecule has 6 aromatic heterocycles. The highest BCUT2D eigenvalue weighted by molar-refractivity contribution is 5.81. The molecule has 0 atom stereocenters. The van der Waals surface area contributed by atoms with Crippen LogP contribution in [0, 0.1) is 47.4 Å². The number of aliphatic carboxylic acids is 4. The third kappa shape index (κ3) is 29.4. The molecule has 0 unspecified atom stereocenters. The number of oxazole rings is 6. The van der Waals surface area contributed by atoms with Crippen molar-refractivity contribution in [2.24, 2.45) is 0 Å². The van der Waals surface area contributed by atoms with E-state index in [0.29, 0.717) is 144 Å². The van der Waals surface area contributed by atoms with E-state index in [-0.39, 0.29) is 50.6 Å². The van der Waals surface area contributed by atoms with Crippen molar-refractivity contribution in [3.8, 4) is 80.3 Å². The summed E-state index contributed by atoms with van der Waals surface area (Å²) in [5.74, 6) is 3.47. The summed E-state index contributed by atoms with van der Waals surface area (Å²) < 4.78 is 82.7. The van der Waals surface area contributed by atoms with Gasteiger partial charge in [0.25, 0.3) is 12.0 Å². The van der Waals surface area contributed by atoms with Crippen LogP contribution in [-0.2, 0) is 71.2 Å². The molecule has 0 aliphatic heterocycles. The molecule has 6 heterocycles. The number of amides is 2. The van der Waals surface area contributed by atoms with Gasteiger partial charge in [-0.05, 0) is 209 Å². The molecule has 0 spiro atoms. The standard InChI is InChI=1S/C29H27FN2O6.2C28H25N3O5.C28H26N2O6/c1-19-8-11-24(16-25(19)30)38-29(35)32(18-27(33)34)17-21-9-12-23(13-10-21)36-15-14-26-20(2)37-28(31-26)22-6-4-3-5-7-22;1-19-23(29-27(35-19)21-9-3-2-4-10-21)14-15-34-22-11-7-8-20(16-22)17-31(18-26(32)33)28-30-24-12-5-6-13-25(24)36-28;1-19-23(29-27(35-19)21-7-3-2-4-8-21)15-16-34-22-13-11-20(12-14-22)17-31(18-26(32)33)28-30-24-9-5-6-10-25(24)36-28;1-19-8-12-24(13-9-19)36-28(33)30(17-26(31)32)16-21-10-14-23(15-11-21)34-18-25-20(2)35-27(29-25)22-6-4-3-5-7-22/h3-13,16H,14-15,17-18H2,1-2H3,(H,33,34);2-13,16H,14-15,17-18H2,1H3,(H,32,33);2-14H,15-18H2,1H3,(H,32,33);3-15H,16-18H2,1-2H3,(H,31,32). The number of carboxylic acids is 4. The first-order chi connectivity index (χ1) is 70.7. The molecule has 146 heavy (non-hydrogen) atoms. The zero-order chi connectivity index (χ0) is 102. The maximum Gasteiger partial charge on any atom is 0.416 e. The topological polar surface area (TPSA) is 408 Å². The maximum absolute atomic E-state index is 13.8. The van der Waals surface area contributed by atoms with Crippen molar-refractivity contribution >= 4 is 70.3 Å². The summed E-state index contributed by atoms with van der Waals surface area (Å²) in [5, 5.41) is 37.3. The third-order valence-corrected chi connectivity index (χ3v) is 22.5. The van der Waals surface area contributed by atoms with E-state index in [1.807, 2.05) is 253 Å². The summed E-state index contributed by atoms with van der Waals surface area (Å²) >= 11 is 0. The van der Waals surface area contributed by atoms with Gasteiger partial charge in [-0.1, -0.05) is 169 Å². The lowest BCUT2D eigenvalue weighted by Crippen LogP contribution is -2.37. The second-order valence-corrected chi connectivity index (χ2v) is 33.6. The van der Waals surface area contributed by atoms with Gasteiger partial charge in [-0.3, -0.25) is 29.0 Å². The number of aromatic nitrogens is 6. The number of para-hydroxylation sites is 4. The normalized spacial score (nSPS) is 10.8. The molecule has 0 saturated heterocycles. The van der Waals surface area contributed by atoms with Gasteiger partial charge in [0.1, 0.15) is 113 Å². The van der Waals surface area contributed by atoms with Gasteiger partial charge >= 0.3 is 36.1 Å². The van der Waals surface area contributed by atoms with E-state index in [1.54, 1.807) is 89.5 Å². The SMILES string of the molecule is Cc1ccc(OC(=O)N(CC(=O)O)Cc2ccc(OCCc3nc(-c4ccccc4)oc3C)cc2)cc1F.Cc1ccc(OC(=O)N(CC(=O)O)Cc2ccc(OCc3nc(-c4ccccc4)oc3C)cc2)cc1.Cc1oc(-c2ccccc2)nc1CCOc1ccc(CN(CC(=O)O)c2nc3ccccc3o2)cc1.Cc1oc(-c2ccccc2)nc1CCOc1cccc(CN(CC(=O)O)c2nc3ccccc3o2)c1. The van der Waals surface area contributed by atoms with Gasteiger partial charge in [0.2, 0.25) is 23.6 Å². The van der Waals surface area contributed by atoms with E-state index in [9.17, 15) is 53.6 Å². The summed E-state index contributed by atoms with van der Waals surface area (Å²) in [4.78, 5) is 103. The lowest BCUT2D eigenvalue weighted by atomic mass is 10.2. The summed E-state index contributed by atoms with van der Waals surface area (Å²) in [7, 11) is 0. The number of hydrogen-bond acceptors (Lipinski definition) is 26. The number of carbonyl (C=O) groups is 6. The van der Waals surface area contributed by atoms with Crippen molar-refractivity contribution in [1.82, 2.24) is 39.7 Å². The van der Waals surface area contributed by atoms with Crippen LogP contribution < -0.4 is 38.2 Å². The van der Waals surface area contributed by atoms with Crippen LogP contribution in [0.4, 0.5) is 26.0 Å². The fourth-order valence-electron chi connectivity index (χ4n) is 15.0. The number of ether oxygens (including phenoxy) is 6. The minimum Gasteiger partial charge on any atom is -0.493 e. The molecule has 18 aromatic rings. The van der Waals surface area contributed by atoms with E-state index in [2.05, 4.69) is 29.9 Å². The molecule has 744 valence electrons. The fourth-order valence-corrected chi connectivity index (χ4v) is 15.0. The Bertz CT molecular complexity index is 7340. The average molecular weight is 1970 g/mol. The second kappa shape index (κ2) is 49.6. The third-order valence-electron chi connectivity index (χ3n) is 22.5. The van der Waals surface area contributed by atoms with Crippen LogP contribution in [0.15, 0.2) is 336 Å². The molecule has 33 heteroatoms. The molecule has 12 aromatic carbocycles. The number of carboxylic acid groups (broad SMARTS) is 4. The Morgan fingerprint density at radius 3 is 1.03 bits per heavy atom. The number of benzene rings is 12. The van der Waals surface area contributed by atoms with E-state index in [4.69, 9.17) is 54.9 Å². The van der Waals surface area contributed by atoms with Gasteiger partial charge < -0.3 is 85.2 Å². The highest BCUT2D eigenvalue weighted by atomic mass is 19.1. The van der Waals surface area contributed by atoms with Crippen molar-refractivity contribution in [2.75, 3.05) is 55.8 Å². The fraction of sp³-hybridized carbons (Fsp3) is 0.186. The molecule has 0 fully saturated rings. The first-order valence-corrected chi connectivity index (χ1v) is 46.5. The second-order valence-electron chi connectivity index (χ2n) is 33.6. The Morgan fingerprint density at radius 2 is 0.637 bits per heavy atom. The number of halogens is 1. The summed E-state index contributed by atoms with van der Waals surface area (Å²) in [6, 6.07) is 94.2. The monoisotopic (exact) mass is 1970 g/mol. The number of fused-ring (bicyclic) bond motifs is 2. The Balaban J connectivity index is 0.000000146. The number of aryl methyl sites for hydroxylation is 6. The maximum atomic E-state index is 13.8. The molecular formula is C113H103FN10O22. The van der Waals surface area contributed by atoms with E-state index in [0.717, 1.165) is 100 Å². The summed E-state index contributed by atoms with van der Waals surface area (Å²) in [5.41, 5.74) is 14.1. The van der Waals surface area contributed by atoms with Crippen molar-refractivity contribution in [2.45, 2.75) is 93.6 Å². The first kappa shape index (κ1) is 102. The molecule has 0 saturated carbocycles. The molecule has 18 rings (SSSR count). The smallest absolute Gasteiger partial charge is 0.416 e. The lowest BCUT2D eigenvalue weighted by molar-refractivity contribution is -0.138. The van der Waals surface area contributed by atoms with Gasteiger partial charge in [-0.2, -0.15) is 9.97 Å². The summed E-state index contributed by atoms with van der Waals surface area (Å²) in [6.07, 6.45) is 0.141. The van der Waals surface area contributed by atoms with Gasteiger partial charge in [-0.15, -0.1) is 0 Å². The number of carbonyl (C=O) groups excluding carboxylic acids is 2. The molecule has 4 N–H and O–H groups in total. The van der Waals surface area contributed by atoms with E-state index < -0.39 is 55.0 Å². The van der Waals surface area contributed by atoms with Crippen molar-refractivity contribution in [3.05, 3.63) is 394 Å². The number of anilines is 2. The molecule has 32 nitrogen and oxygen atoms in total. The van der Waals surface area contributed by atoms with Crippen LogP contribution >= 0.6 is 0 Å². The van der Waals surface area contributed by atoms with Gasteiger partial charge in [0.05, 0.1) is 36.9 Å². The van der Waals surface area contributed by atoms with Crippen LogP contribution in [-0.4, -0.2) is 142 Å². The molecule has 0 bridgehead atoms. The van der Waals surface area contributed by atoms with E-state index in [1.165, 1.54) is 12.1 Å². The summed E-state index contributed by atoms with van der Waals surface area (Å²) in [6.45, 7) is 11.7. The van der Waals surface area contributed by atoms with Gasteiger partial charge in [-0.25, -0.2) is 33.9 Å². The molecule has 0 radical (unpaired) electrons. The first-order valence-electron chi connectivity index (χ1n) is 46.5. The number of nitrogens with zero attached hydrogens (tertiary/aromatic N) is 10. The molecule has 0 aliphatic rings. The molecule has 2 amide bonds. The molecule has 0 aliphatic carbocycles. The van der Waals surface area contributed by atoms with Crippen molar-refractivity contribution in [3.63, 3.8) is 0 Å². The molecular weight excluding hydrogens is 1870 g/mol. The average Bonchev–Trinajstić information content (AvgIpc) is 1.66. The van der Waals surface area contributed by atoms with Crippen molar-refractivity contribution in [1.29, 1.82) is 0 Å². The Labute approximate surface area is 838 Å². The number of rotatable bonds is 39. The Morgan fingerprint density at radius 1 is 0.301 bits per heavy atom. The van der Waals surface area contributed by atoms with Crippen LogP contribution in [0.2, 0.25) is 0 Å². The minimum absolute atomic E-state index is 0.00419. The van der Waals surface area contributed by atoms with Crippen LogP contribution in [0.1, 0.15) is 79.2 Å². The van der Waals surface area contributed by atoms with Gasteiger partial charge in [0.15, 0.2) is 11.2 Å².